The standard InChI is InChI=1S/C15H39O3PSi3/c1-13(20(4,5)6)16-19(17-14(2)21(7,8)9)18-15(3)22(10,11)12/h13-15H,1-12H3. The second-order valence-electron chi connectivity index (χ2n) is 9.56. The summed E-state index contributed by atoms with van der Waals surface area (Å²) in [5.74, 6) is 0. The van der Waals surface area contributed by atoms with Gasteiger partial charge in [-0.1, -0.05) is 58.9 Å². The SMILES string of the molecule is CC(OP(OC(C)[Si](C)(C)C)OC(C)[Si](C)(C)C)[Si](C)(C)C. The molecule has 0 radical (unpaired) electrons. The molecule has 0 amide bonds. The van der Waals surface area contributed by atoms with E-state index in [1.807, 2.05) is 0 Å². The van der Waals surface area contributed by atoms with Crippen LogP contribution in [0.25, 0.3) is 0 Å². The second-order valence-corrected chi connectivity index (χ2v) is 27.3. The van der Waals surface area contributed by atoms with Gasteiger partial charge < -0.3 is 13.6 Å². The van der Waals surface area contributed by atoms with Crippen molar-refractivity contribution >= 4 is 32.8 Å². The first-order valence-electron chi connectivity index (χ1n) is 8.35. The van der Waals surface area contributed by atoms with E-state index in [0.717, 1.165) is 0 Å². The summed E-state index contributed by atoms with van der Waals surface area (Å²) in [6.45, 7) is 27.5. The quantitative estimate of drug-likeness (QED) is 0.358. The Morgan fingerprint density at radius 2 is 0.682 bits per heavy atom. The van der Waals surface area contributed by atoms with E-state index in [4.69, 9.17) is 13.6 Å². The van der Waals surface area contributed by atoms with Gasteiger partial charge in [0.1, 0.15) is 0 Å². The first-order chi connectivity index (χ1) is 9.55. The molecule has 0 N–H and O–H groups in total. The molecule has 0 aliphatic carbocycles. The van der Waals surface area contributed by atoms with Gasteiger partial charge >= 0.3 is 8.60 Å². The topological polar surface area (TPSA) is 27.7 Å². The minimum atomic E-state index is -1.36. The fourth-order valence-electron chi connectivity index (χ4n) is 0.936. The van der Waals surface area contributed by atoms with Crippen molar-refractivity contribution in [2.45, 2.75) is 96.9 Å². The Kier molecular flexibility index (Phi) is 8.73. The third-order valence-electron chi connectivity index (χ3n) is 4.39. The molecule has 134 valence electrons. The van der Waals surface area contributed by atoms with Crippen LogP contribution in [0.4, 0.5) is 0 Å². The van der Waals surface area contributed by atoms with E-state index in [9.17, 15) is 0 Å². The second kappa shape index (κ2) is 8.37. The maximum Gasteiger partial charge on any atom is 0.332 e. The summed E-state index contributed by atoms with van der Waals surface area (Å²) < 4.78 is 18.8. The zero-order valence-electron chi connectivity index (χ0n) is 16.9. The van der Waals surface area contributed by atoms with Gasteiger partial charge in [0.15, 0.2) is 0 Å². The fourth-order valence-corrected chi connectivity index (χ4v) is 6.43. The molecule has 22 heavy (non-hydrogen) atoms. The average Bonchev–Trinajstić information content (AvgIpc) is 2.24. The Morgan fingerprint density at radius 3 is 0.818 bits per heavy atom. The molecule has 0 saturated heterocycles. The van der Waals surface area contributed by atoms with Crippen LogP contribution in [0, 0.1) is 0 Å². The van der Waals surface area contributed by atoms with Gasteiger partial charge in [-0.2, -0.15) is 0 Å². The van der Waals surface area contributed by atoms with Crippen LogP contribution in [0.1, 0.15) is 20.8 Å². The largest absolute Gasteiger partial charge is 0.332 e. The highest BCUT2D eigenvalue weighted by Crippen LogP contribution is 2.46. The first-order valence-corrected chi connectivity index (χ1v) is 20.2. The summed E-state index contributed by atoms with van der Waals surface area (Å²) >= 11 is 0. The van der Waals surface area contributed by atoms with Crippen LogP contribution in [-0.4, -0.2) is 41.4 Å². The van der Waals surface area contributed by atoms with Gasteiger partial charge in [0.25, 0.3) is 0 Å². The molecule has 0 aliphatic heterocycles. The highest BCUT2D eigenvalue weighted by molar-refractivity contribution is 7.42. The zero-order chi connectivity index (χ0) is 17.9. The van der Waals surface area contributed by atoms with Gasteiger partial charge in [-0.05, 0) is 20.8 Å². The Hall–Kier alpha value is 0.961. The molecule has 0 aliphatic rings. The van der Waals surface area contributed by atoms with Crippen molar-refractivity contribution in [3.8, 4) is 0 Å². The number of hydrogen-bond acceptors (Lipinski definition) is 3. The highest BCUT2D eigenvalue weighted by atomic mass is 31.2. The molecule has 3 unspecified atom stereocenters. The Labute approximate surface area is 143 Å². The van der Waals surface area contributed by atoms with Crippen molar-refractivity contribution < 1.29 is 13.6 Å². The molecule has 0 bridgehead atoms. The number of hydrogen-bond donors (Lipinski definition) is 0. The van der Waals surface area contributed by atoms with Crippen LogP contribution >= 0.6 is 8.60 Å². The molecule has 0 aromatic rings. The molecule has 3 atom stereocenters. The predicted octanol–water partition coefficient (Wildman–Crippen LogP) is 6.06. The van der Waals surface area contributed by atoms with Gasteiger partial charge in [0.2, 0.25) is 0 Å². The van der Waals surface area contributed by atoms with E-state index in [0.29, 0.717) is 0 Å². The van der Waals surface area contributed by atoms with Crippen LogP contribution in [-0.2, 0) is 13.6 Å². The van der Waals surface area contributed by atoms with Crippen molar-refractivity contribution in [1.82, 2.24) is 0 Å². The third kappa shape index (κ3) is 8.71. The Morgan fingerprint density at radius 1 is 0.500 bits per heavy atom. The Balaban J connectivity index is 5.00. The summed E-state index contributed by atoms with van der Waals surface area (Å²) in [6, 6.07) is 0. The van der Waals surface area contributed by atoms with E-state index < -0.39 is 32.8 Å². The molecule has 0 rings (SSSR count). The first kappa shape index (κ1) is 23.0. The fraction of sp³-hybridized carbons (Fsp3) is 1.00. The molecule has 0 saturated carbocycles. The van der Waals surface area contributed by atoms with E-state index in [1.54, 1.807) is 0 Å². The zero-order valence-corrected chi connectivity index (χ0v) is 20.8. The predicted molar refractivity (Wildman–Crippen MR) is 109 cm³/mol. The van der Waals surface area contributed by atoms with Gasteiger partial charge in [0, 0.05) is 0 Å². The van der Waals surface area contributed by atoms with Crippen molar-refractivity contribution in [2.24, 2.45) is 0 Å². The van der Waals surface area contributed by atoms with Crippen molar-refractivity contribution in [2.75, 3.05) is 0 Å². The number of rotatable bonds is 9. The minimum absolute atomic E-state index is 0.237. The normalized spacial score (nSPS) is 19.6. The van der Waals surface area contributed by atoms with Gasteiger partial charge in [-0.15, -0.1) is 0 Å². The monoisotopic (exact) mass is 382 g/mol. The average molecular weight is 383 g/mol. The lowest BCUT2D eigenvalue weighted by Gasteiger charge is -2.35. The summed E-state index contributed by atoms with van der Waals surface area (Å²) in [7, 11) is -5.35. The van der Waals surface area contributed by atoms with Crippen LogP contribution in [0.15, 0.2) is 0 Å². The van der Waals surface area contributed by atoms with Gasteiger partial charge in [-0.3, -0.25) is 0 Å². The van der Waals surface area contributed by atoms with Crippen LogP contribution in [0.3, 0.4) is 0 Å². The van der Waals surface area contributed by atoms with Gasteiger partial charge in [0.05, 0.1) is 41.4 Å². The minimum Gasteiger partial charge on any atom is -0.313 e. The molecule has 3 nitrogen and oxygen atoms in total. The molecular formula is C15H39O3PSi3. The van der Waals surface area contributed by atoms with Crippen molar-refractivity contribution in [3.05, 3.63) is 0 Å². The van der Waals surface area contributed by atoms with Crippen molar-refractivity contribution in [1.29, 1.82) is 0 Å². The third-order valence-corrected chi connectivity index (χ3v) is 14.1. The maximum absolute atomic E-state index is 6.27. The highest BCUT2D eigenvalue weighted by Gasteiger charge is 2.35. The molecule has 0 fully saturated rings. The Bertz CT molecular complexity index is 282. The lowest BCUT2D eigenvalue weighted by Crippen LogP contribution is -2.41. The van der Waals surface area contributed by atoms with Crippen LogP contribution < -0.4 is 0 Å². The molecule has 0 aromatic heterocycles. The van der Waals surface area contributed by atoms with Crippen LogP contribution in [0.5, 0.6) is 0 Å². The molecular weight excluding hydrogens is 343 g/mol. The van der Waals surface area contributed by atoms with Crippen LogP contribution in [0.2, 0.25) is 58.9 Å². The maximum atomic E-state index is 6.27. The van der Waals surface area contributed by atoms with Gasteiger partial charge in [-0.25, -0.2) is 0 Å². The van der Waals surface area contributed by atoms with Crippen molar-refractivity contribution in [3.63, 3.8) is 0 Å². The lowest BCUT2D eigenvalue weighted by molar-refractivity contribution is 0.132. The van der Waals surface area contributed by atoms with E-state index in [-0.39, 0.29) is 17.2 Å². The van der Waals surface area contributed by atoms with E-state index >= 15 is 0 Å². The molecule has 7 heteroatoms. The molecule has 0 spiro atoms. The summed E-state index contributed by atoms with van der Waals surface area (Å²) in [6.07, 6.45) is 0. The smallest absolute Gasteiger partial charge is 0.313 e. The summed E-state index contributed by atoms with van der Waals surface area (Å²) in [4.78, 5) is 0. The summed E-state index contributed by atoms with van der Waals surface area (Å²) in [5, 5.41) is 0. The summed E-state index contributed by atoms with van der Waals surface area (Å²) in [5.41, 5.74) is 0.712. The lowest BCUT2D eigenvalue weighted by atomic mass is 10.9. The van der Waals surface area contributed by atoms with E-state index in [2.05, 4.69) is 79.7 Å². The van der Waals surface area contributed by atoms with E-state index in [1.165, 1.54) is 0 Å². The molecule has 0 heterocycles. The molecule has 0 aromatic carbocycles.